The van der Waals surface area contributed by atoms with Crippen LogP contribution in [0.2, 0.25) is 0 Å². The largest absolute Gasteiger partial charge is 0.469 e. The molecule has 1 aliphatic carbocycles. The van der Waals surface area contributed by atoms with Gasteiger partial charge in [-0.25, -0.2) is 9.98 Å². The fourth-order valence-electron chi connectivity index (χ4n) is 8.56. The maximum Gasteiger partial charge on any atom is 0.217 e. The highest BCUT2D eigenvalue weighted by Crippen LogP contribution is 2.49. The third-order valence-electron chi connectivity index (χ3n) is 11.8. The molecule has 50 heavy (non-hydrogen) atoms. The van der Waals surface area contributed by atoms with Gasteiger partial charge in [0.1, 0.15) is 16.8 Å². The lowest BCUT2D eigenvalue weighted by Gasteiger charge is -2.30. The van der Waals surface area contributed by atoms with Gasteiger partial charge in [0, 0.05) is 44.7 Å². The quantitative estimate of drug-likeness (QED) is 0.189. The van der Waals surface area contributed by atoms with E-state index in [-0.39, 0.29) is 16.6 Å². The Balaban J connectivity index is 1.30. The summed E-state index contributed by atoms with van der Waals surface area (Å²) in [5.41, 5.74) is 11.2. The number of aromatic nitrogens is 3. The Labute approximate surface area is 294 Å². The molecule has 7 aromatic rings. The second-order valence-corrected chi connectivity index (χ2v) is 16.6. The molecule has 4 heterocycles. The molecule has 0 radical (unpaired) electrons. The molecule has 0 saturated heterocycles. The van der Waals surface area contributed by atoms with Gasteiger partial charge in [0.2, 0.25) is 5.90 Å². The summed E-state index contributed by atoms with van der Waals surface area (Å²) in [6.45, 7) is 18.1. The summed E-state index contributed by atoms with van der Waals surface area (Å²) in [6.07, 6.45) is 5.16. The Bertz CT molecular complexity index is 2560. The molecule has 1 fully saturated rings. The van der Waals surface area contributed by atoms with E-state index in [0.717, 1.165) is 58.8 Å². The van der Waals surface area contributed by atoms with E-state index in [1.807, 2.05) is 12.3 Å². The van der Waals surface area contributed by atoms with Crippen molar-refractivity contribution in [2.45, 2.75) is 97.1 Å². The average molecular weight is 659 g/mol. The van der Waals surface area contributed by atoms with Gasteiger partial charge >= 0.3 is 0 Å². The number of ether oxygens (including phenoxy) is 1. The van der Waals surface area contributed by atoms with E-state index < -0.39 is 0 Å². The van der Waals surface area contributed by atoms with Crippen molar-refractivity contribution in [2.75, 3.05) is 0 Å². The summed E-state index contributed by atoms with van der Waals surface area (Å²) in [4.78, 5) is 10.2. The predicted molar refractivity (Wildman–Crippen MR) is 209 cm³/mol. The summed E-state index contributed by atoms with van der Waals surface area (Å²) in [5.74, 6) is 1.12. The number of benzene rings is 4. The molecule has 0 bridgehead atoms. The van der Waals surface area contributed by atoms with Crippen LogP contribution in [0.4, 0.5) is 0 Å². The van der Waals surface area contributed by atoms with Crippen molar-refractivity contribution >= 4 is 49.6 Å². The highest BCUT2D eigenvalue weighted by atomic mass is 16.5. The lowest BCUT2D eigenvalue weighted by Crippen LogP contribution is -2.41. The number of aryl methyl sites for hydroxylation is 1. The molecule has 1 aliphatic heterocycles. The minimum atomic E-state index is -0.250. The minimum Gasteiger partial charge on any atom is -0.469 e. The van der Waals surface area contributed by atoms with Crippen LogP contribution in [0, 0.1) is 6.92 Å². The zero-order valence-corrected chi connectivity index (χ0v) is 30.6. The van der Waals surface area contributed by atoms with Gasteiger partial charge in [0.15, 0.2) is 0 Å². The summed E-state index contributed by atoms with van der Waals surface area (Å²) in [6, 6.07) is 31.8. The number of hydrogen-bond donors (Lipinski definition) is 0. The lowest BCUT2D eigenvalue weighted by molar-refractivity contribution is 0.0580. The molecule has 2 aliphatic rings. The maximum atomic E-state index is 6.77. The van der Waals surface area contributed by atoms with E-state index >= 15 is 0 Å². The smallest absolute Gasteiger partial charge is 0.217 e. The second kappa shape index (κ2) is 10.6. The zero-order valence-electron chi connectivity index (χ0n) is 30.6. The van der Waals surface area contributed by atoms with Gasteiger partial charge in [-0.1, -0.05) is 58.4 Å². The third kappa shape index (κ3) is 4.51. The van der Waals surface area contributed by atoms with Gasteiger partial charge < -0.3 is 9.30 Å². The molecule has 5 nitrogen and oxygen atoms in total. The molecule has 0 spiro atoms. The van der Waals surface area contributed by atoms with Crippen LogP contribution in [-0.2, 0) is 10.2 Å². The first-order chi connectivity index (χ1) is 23.8. The maximum absolute atomic E-state index is 6.77. The van der Waals surface area contributed by atoms with E-state index in [1.165, 1.54) is 43.8 Å². The Morgan fingerprint density at radius 3 is 2.30 bits per heavy atom. The van der Waals surface area contributed by atoms with Gasteiger partial charge in [-0.3, -0.25) is 4.57 Å². The van der Waals surface area contributed by atoms with Gasteiger partial charge in [-0.15, -0.1) is 0 Å². The molecule has 5 heteroatoms. The minimum absolute atomic E-state index is 0.0511. The molecular formula is C45H46N4O. The second-order valence-electron chi connectivity index (χ2n) is 16.6. The molecule has 1 saturated carbocycles. The van der Waals surface area contributed by atoms with Crippen molar-refractivity contribution in [3.63, 3.8) is 0 Å². The van der Waals surface area contributed by atoms with Gasteiger partial charge in [0.25, 0.3) is 0 Å². The highest BCUT2D eigenvalue weighted by molar-refractivity contribution is 6.12. The van der Waals surface area contributed by atoms with Gasteiger partial charge in [0.05, 0.1) is 16.6 Å². The van der Waals surface area contributed by atoms with Crippen LogP contribution in [0.5, 0.6) is 0 Å². The number of nitrogens with zero attached hydrogens (tertiary/aromatic N) is 4. The van der Waals surface area contributed by atoms with Crippen LogP contribution in [-0.4, -0.2) is 31.2 Å². The molecule has 3 aromatic heterocycles. The van der Waals surface area contributed by atoms with Crippen LogP contribution in [0.1, 0.15) is 95.9 Å². The summed E-state index contributed by atoms with van der Waals surface area (Å²) in [7, 11) is 0. The predicted octanol–water partition coefficient (Wildman–Crippen LogP) is 11.5. The van der Waals surface area contributed by atoms with Gasteiger partial charge in [-0.05, 0) is 129 Å². The molecule has 0 unspecified atom stereocenters. The van der Waals surface area contributed by atoms with Crippen molar-refractivity contribution in [3.8, 4) is 11.4 Å². The molecular weight excluding hydrogens is 613 g/mol. The topological polar surface area (TPSA) is 44.3 Å². The van der Waals surface area contributed by atoms with Crippen molar-refractivity contribution in [1.82, 2.24) is 14.1 Å². The van der Waals surface area contributed by atoms with Crippen LogP contribution in [0.15, 0.2) is 96.1 Å². The normalized spacial score (nSPS) is 20.8. The van der Waals surface area contributed by atoms with Crippen LogP contribution >= 0.6 is 0 Å². The van der Waals surface area contributed by atoms with E-state index in [0.29, 0.717) is 5.92 Å². The zero-order chi connectivity index (χ0) is 34.7. The molecule has 0 N–H and O–H groups in total. The molecule has 0 amide bonds. The molecule has 252 valence electrons. The molecule has 2 atom stereocenters. The molecule has 4 aromatic carbocycles. The average Bonchev–Trinajstić information content (AvgIpc) is 3.76. The monoisotopic (exact) mass is 658 g/mol. The fraction of sp³-hybridized carbons (Fsp3) is 0.333. The first kappa shape index (κ1) is 31.1. The highest BCUT2D eigenvalue weighted by Gasteiger charge is 2.55. The Hall–Kier alpha value is -4.90. The lowest BCUT2D eigenvalue weighted by atomic mass is 9.86. The first-order valence-corrected chi connectivity index (χ1v) is 18.2. The fourth-order valence-corrected chi connectivity index (χ4v) is 8.56. The molecule has 9 rings (SSSR count). The van der Waals surface area contributed by atoms with Crippen molar-refractivity contribution < 1.29 is 4.74 Å². The van der Waals surface area contributed by atoms with E-state index in [1.54, 1.807) is 0 Å². The van der Waals surface area contributed by atoms with Crippen molar-refractivity contribution in [2.24, 2.45) is 4.99 Å². The summed E-state index contributed by atoms with van der Waals surface area (Å²) >= 11 is 0. The first-order valence-electron chi connectivity index (χ1n) is 18.2. The van der Waals surface area contributed by atoms with Crippen LogP contribution in [0.3, 0.4) is 0 Å². The van der Waals surface area contributed by atoms with Crippen LogP contribution in [0.25, 0.3) is 55.1 Å². The van der Waals surface area contributed by atoms with Crippen molar-refractivity contribution in [3.05, 3.63) is 113 Å². The number of pyridine rings is 1. The number of hydrogen-bond acceptors (Lipinski definition) is 3. The van der Waals surface area contributed by atoms with E-state index in [4.69, 9.17) is 14.7 Å². The van der Waals surface area contributed by atoms with Crippen molar-refractivity contribution in [1.29, 1.82) is 0 Å². The van der Waals surface area contributed by atoms with Gasteiger partial charge in [-0.2, -0.15) is 0 Å². The number of aliphatic imine (C=N–C) groups is 1. The standard InChI is InChI=1S/C45H46N4O/c1-27(2)29-22-30(42-47-44(7)18-10-19-45(44,8)50-42)24-33(23-29)48-38-16-12-28(3)21-36(38)34-15-14-32(26-40(34)48)49-39-17-13-31(43(4,5)6)25-37(39)35-11-9-20-46-41(35)49/h9,11-17,20-27H,10,18-19H2,1-8H3/t44-,45+/m1/s1. The Morgan fingerprint density at radius 2 is 1.52 bits per heavy atom. The summed E-state index contributed by atoms with van der Waals surface area (Å²) < 4.78 is 11.5. The van der Waals surface area contributed by atoms with E-state index in [2.05, 4.69) is 143 Å². The number of rotatable bonds is 4. The number of fused-ring (bicyclic) bond motifs is 7. The third-order valence-corrected chi connectivity index (χ3v) is 11.8. The summed E-state index contributed by atoms with van der Waals surface area (Å²) in [5, 5.41) is 4.89. The van der Waals surface area contributed by atoms with E-state index in [9.17, 15) is 0 Å². The van der Waals surface area contributed by atoms with Crippen LogP contribution < -0.4 is 0 Å². The SMILES string of the molecule is Cc1ccc2c(c1)c1ccc(-n3c4ccc(C(C)(C)C)cc4c4cccnc43)cc1n2-c1cc(C2=N[C@]3(C)CCC[C@]3(C)O2)cc(C(C)C)c1. The Kier molecular flexibility index (Phi) is 6.57. The Morgan fingerprint density at radius 1 is 0.740 bits per heavy atom.